The minimum absolute atomic E-state index is 0.0214. The second-order valence-corrected chi connectivity index (χ2v) is 10.9. The maximum Gasteiger partial charge on any atom is 0.274 e. The molecule has 0 aliphatic heterocycles. The Bertz CT molecular complexity index is 1360. The number of nitrogens with zero attached hydrogens (tertiary/aromatic N) is 4. The Labute approximate surface area is 216 Å². The molecule has 1 N–H and O–H groups in total. The van der Waals surface area contributed by atoms with Gasteiger partial charge in [0.2, 0.25) is 0 Å². The molecule has 0 saturated heterocycles. The normalized spacial score (nSPS) is 13.2. The molecule has 0 radical (unpaired) electrons. The third kappa shape index (κ3) is 5.09. The Kier molecular flexibility index (Phi) is 6.71. The van der Waals surface area contributed by atoms with Crippen molar-refractivity contribution in [3.8, 4) is 16.2 Å². The molecule has 4 aromatic rings. The number of fused-ring (bicyclic) bond motifs is 1. The highest BCUT2D eigenvalue weighted by Crippen LogP contribution is 2.37. The molecule has 8 heteroatoms. The van der Waals surface area contributed by atoms with Gasteiger partial charge in [0.1, 0.15) is 17.3 Å². The fourth-order valence-electron chi connectivity index (χ4n) is 4.32. The van der Waals surface area contributed by atoms with Crippen LogP contribution in [0.15, 0.2) is 36.4 Å². The van der Waals surface area contributed by atoms with Crippen molar-refractivity contribution in [2.24, 2.45) is 5.92 Å². The number of thiazole rings is 1. The van der Waals surface area contributed by atoms with Crippen molar-refractivity contribution < 1.29 is 9.53 Å². The smallest absolute Gasteiger partial charge is 0.274 e. The van der Waals surface area contributed by atoms with Gasteiger partial charge in [0, 0.05) is 33.6 Å². The Hall–Kier alpha value is -3.39. The van der Waals surface area contributed by atoms with Crippen LogP contribution in [-0.2, 0) is 6.42 Å². The van der Waals surface area contributed by atoms with Crippen LogP contribution >= 0.6 is 11.3 Å². The van der Waals surface area contributed by atoms with Crippen LogP contribution in [0.5, 0.6) is 5.75 Å². The molecule has 2 aromatic carbocycles. The average molecular weight is 504 g/mol. The lowest BCUT2D eigenvalue weighted by molar-refractivity contribution is 0.0744. The van der Waals surface area contributed by atoms with Gasteiger partial charge in [0.05, 0.1) is 23.0 Å². The molecule has 1 saturated carbocycles. The molecule has 36 heavy (non-hydrogen) atoms. The minimum Gasteiger partial charge on any atom is -0.497 e. The number of amides is 1. The van der Waals surface area contributed by atoms with Gasteiger partial charge in [-0.05, 0) is 73.6 Å². The van der Waals surface area contributed by atoms with E-state index in [9.17, 15) is 4.79 Å². The van der Waals surface area contributed by atoms with E-state index in [1.54, 1.807) is 7.11 Å². The van der Waals surface area contributed by atoms with Gasteiger partial charge in [-0.3, -0.25) is 4.79 Å². The predicted molar refractivity (Wildman–Crippen MR) is 146 cm³/mol. The lowest BCUT2D eigenvalue weighted by atomic mass is 10.1. The van der Waals surface area contributed by atoms with Crippen molar-refractivity contribution in [3.63, 3.8) is 0 Å². The minimum atomic E-state index is -0.0214. The number of H-pyrrole nitrogens is 1. The van der Waals surface area contributed by atoms with Gasteiger partial charge in [0.25, 0.3) is 5.91 Å². The molecule has 5 rings (SSSR count). The van der Waals surface area contributed by atoms with Gasteiger partial charge >= 0.3 is 0 Å². The van der Waals surface area contributed by atoms with E-state index in [0.29, 0.717) is 24.6 Å². The summed E-state index contributed by atoms with van der Waals surface area (Å²) >= 11 is 1.53. The number of benzene rings is 2. The summed E-state index contributed by atoms with van der Waals surface area (Å²) in [5, 5.41) is 0.811. The number of aromatic nitrogens is 3. The molecule has 188 valence electrons. The molecule has 1 amide bonds. The van der Waals surface area contributed by atoms with Crippen LogP contribution in [0.2, 0.25) is 0 Å². The molecule has 0 unspecified atom stereocenters. The second-order valence-electron chi connectivity index (χ2n) is 9.88. The first-order valence-corrected chi connectivity index (χ1v) is 13.2. The zero-order valence-electron chi connectivity index (χ0n) is 21.6. The standard InChI is InChI=1S/C28H33N5O2S/c1-17-13-22-23(14-18(17)2)30-24(29-22)11-12-33(16-19-9-10-19)27(34)25-26(36-28(31-25)32(3)4)20-7-6-8-21(15-20)35-5/h6-8,13-15,19H,9-12,16H2,1-5H3,(H,29,30). The summed E-state index contributed by atoms with van der Waals surface area (Å²) in [4.78, 5) is 31.8. The van der Waals surface area contributed by atoms with Gasteiger partial charge in [-0.2, -0.15) is 0 Å². The number of rotatable bonds is 9. The summed E-state index contributed by atoms with van der Waals surface area (Å²) < 4.78 is 5.43. The quantitative estimate of drug-likeness (QED) is 0.328. The number of hydrogen-bond donors (Lipinski definition) is 1. The molecule has 7 nitrogen and oxygen atoms in total. The lowest BCUT2D eigenvalue weighted by Gasteiger charge is -2.22. The van der Waals surface area contributed by atoms with Gasteiger partial charge < -0.3 is 19.5 Å². The van der Waals surface area contributed by atoms with Crippen molar-refractivity contribution >= 4 is 33.4 Å². The van der Waals surface area contributed by atoms with E-state index < -0.39 is 0 Å². The molecule has 0 atom stereocenters. The van der Waals surface area contributed by atoms with Gasteiger partial charge in [-0.1, -0.05) is 23.5 Å². The molecule has 1 aliphatic carbocycles. The van der Waals surface area contributed by atoms with Gasteiger partial charge in [-0.25, -0.2) is 9.97 Å². The number of ether oxygens (including phenoxy) is 1. The molecule has 0 spiro atoms. The topological polar surface area (TPSA) is 74.3 Å². The van der Waals surface area contributed by atoms with Crippen LogP contribution in [-0.4, -0.2) is 60.1 Å². The van der Waals surface area contributed by atoms with E-state index in [1.165, 1.54) is 35.3 Å². The molecule has 0 bridgehead atoms. The molecule has 1 aliphatic rings. The number of methoxy groups -OCH3 is 1. The highest BCUT2D eigenvalue weighted by molar-refractivity contribution is 7.19. The molecular formula is C28H33N5O2S. The van der Waals surface area contributed by atoms with Crippen LogP contribution in [0.4, 0.5) is 5.13 Å². The maximum absolute atomic E-state index is 14.0. The Balaban J connectivity index is 1.43. The number of nitrogens with one attached hydrogen (secondary N) is 1. The zero-order chi connectivity index (χ0) is 25.4. The average Bonchev–Trinajstić information content (AvgIpc) is 3.42. The molecule has 2 aromatic heterocycles. The monoisotopic (exact) mass is 503 g/mol. The summed E-state index contributed by atoms with van der Waals surface area (Å²) in [5.74, 6) is 2.22. The zero-order valence-corrected chi connectivity index (χ0v) is 22.4. The Morgan fingerprint density at radius 3 is 2.64 bits per heavy atom. The van der Waals surface area contributed by atoms with Crippen molar-refractivity contribution in [1.29, 1.82) is 0 Å². The summed E-state index contributed by atoms with van der Waals surface area (Å²) in [6.45, 7) is 5.57. The van der Waals surface area contributed by atoms with Crippen LogP contribution < -0.4 is 9.64 Å². The second kappa shape index (κ2) is 9.93. The first-order valence-electron chi connectivity index (χ1n) is 12.4. The summed E-state index contributed by atoms with van der Waals surface area (Å²) in [5.41, 5.74) is 5.95. The number of aromatic amines is 1. The number of hydrogen-bond acceptors (Lipinski definition) is 6. The SMILES string of the molecule is COc1cccc(-c2sc(N(C)C)nc2C(=O)N(CCc2nc3cc(C)c(C)cc3[nH]2)CC2CC2)c1. The third-order valence-corrected chi connectivity index (χ3v) is 8.03. The third-order valence-electron chi connectivity index (χ3n) is 6.76. The highest BCUT2D eigenvalue weighted by Gasteiger charge is 2.30. The van der Waals surface area contributed by atoms with E-state index in [0.717, 1.165) is 44.7 Å². The number of carbonyl (C=O) groups is 1. The summed E-state index contributed by atoms with van der Waals surface area (Å²) in [6, 6.07) is 12.1. The van der Waals surface area contributed by atoms with Crippen molar-refractivity contribution in [2.45, 2.75) is 33.1 Å². The Morgan fingerprint density at radius 1 is 1.14 bits per heavy atom. The number of anilines is 1. The molecule has 1 fully saturated rings. The van der Waals surface area contributed by atoms with Crippen LogP contribution in [0.3, 0.4) is 0 Å². The molecular weight excluding hydrogens is 470 g/mol. The maximum atomic E-state index is 14.0. The Morgan fingerprint density at radius 2 is 1.92 bits per heavy atom. The van der Waals surface area contributed by atoms with E-state index in [4.69, 9.17) is 14.7 Å². The molecule has 2 heterocycles. The van der Waals surface area contributed by atoms with E-state index in [2.05, 4.69) is 31.0 Å². The van der Waals surface area contributed by atoms with E-state index in [1.807, 2.05) is 48.2 Å². The predicted octanol–water partition coefficient (Wildman–Crippen LogP) is 5.47. The van der Waals surface area contributed by atoms with E-state index in [-0.39, 0.29) is 5.91 Å². The van der Waals surface area contributed by atoms with Crippen LogP contribution in [0.1, 0.15) is 40.3 Å². The number of carbonyl (C=O) groups excluding carboxylic acids is 1. The van der Waals surface area contributed by atoms with Crippen LogP contribution in [0.25, 0.3) is 21.5 Å². The van der Waals surface area contributed by atoms with Crippen molar-refractivity contribution in [2.75, 3.05) is 39.2 Å². The largest absolute Gasteiger partial charge is 0.497 e. The fraction of sp³-hybridized carbons (Fsp3) is 0.393. The first kappa shape index (κ1) is 24.3. The van der Waals surface area contributed by atoms with Gasteiger partial charge in [0.15, 0.2) is 5.13 Å². The lowest BCUT2D eigenvalue weighted by Crippen LogP contribution is -2.35. The number of imidazole rings is 1. The summed E-state index contributed by atoms with van der Waals surface area (Å²) in [7, 11) is 5.56. The number of aryl methyl sites for hydroxylation is 2. The van der Waals surface area contributed by atoms with Gasteiger partial charge in [-0.15, -0.1) is 0 Å². The first-order chi connectivity index (χ1) is 17.3. The van der Waals surface area contributed by atoms with Crippen molar-refractivity contribution in [3.05, 3.63) is 59.0 Å². The highest BCUT2D eigenvalue weighted by atomic mass is 32.1. The van der Waals surface area contributed by atoms with Crippen molar-refractivity contribution in [1.82, 2.24) is 19.9 Å². The van der Waals surface area contributed by atoms with Crippen LogP contribution in [0, 0.1) is 19.8 Å². The fourth-order valence-corrected chi connectivity index (χ4v) is 5.30. The summed E-state index contributed by atoms with van der Waals surface area (Å²) in [6.07, 6.45) is 3.02. The van der Waals surface area contributed by atoms with E-state index >= 15 is 0 Å².